The number of para-hydroxylation sites is 2. The molecule has 2 aromatic carbocycles. The second kappa shape index (κ2) is 4.98. The van der Waals surface area contributed by atoms with Crippen LogP contribution in [-0.2, 0) is 0 Å². The molecule has 106 valence electrons. The normalized spacial score (nSPS) is 10.8. The van der Waals surface area contributed by atoms with Crippen LogP contribution in [-0.4, -0.2) is 18.7 Å². The van der Waals surface area contributed by atoms with Crippen LogP contribution < -0.4 is 16.2 Å². The standard InChI is InChI=1S/C17H17N3O/c1-19(2)14-9-5-6-10-15(14)20-16(18)11-12-7-3-4-8-13(12)17(20)21/h3-11H,18H2,1-2H3. The van der Waals surface area contributed by atoms with E-state index in [1.807, 2.05) is 73.6 Å². The van der Waals surface area contributed by atoms with Gasteiger partial charge in [-0.05, 0) is 29.7 Å². The maximum Gasteiger partial charge on any atom is 0.264 e. The molecule has 4 nitrogen and oxygen atoms in total. The van der Waals surface area contributed by atoms with Gasteiger partial charge in [0.25, 0.3) is 5.56 Å². The van der Waals surface area contributed by atoms with Crippen molar-refractivity contribution < 1.29 is 0 Å². The highest BCUT2D eigenvalue weighted by molar-refractivity contribution is 5.84. The fraction of sp³-hybridized carbons (Fsp3) is 0.118. The summed E-state index contributed by atoms with van der Waals surface area (Å²) in [6.07, 6.45) is 0. The van der Waals surface area contributed by atoms with Gasteiger partial charge >= 0.3 is 0 Å². The number of anilines is 2. The Balaban J connectivity index is 2.39. The molecule has 0 aliphatic rings. The third-order valence-corrected chi connectivity index (χ3v) is 3.56. The minimum absolute atomic E-state index is 0.0973. The van der Waals surface area contributed by atoms with Gasteiger partial charge in [-0.3, -0.25) is 9.36 Å². The molecule has 3 aromatic rings. The number of benzene rings is 2. The van der Waals surface area contributed by atoms with Gasteiger partial charge in [0.15, 0.2) is 0 Å². The molecule has 0 amide bonds. The number of nitrogen functional groups attached to an aromatic ring is 1. The molecule has 1 aromatic heterocycles. The molecule has 0 atom stereocenters. The van der Waals surface area contributed by atoms with E-state index in [-0.39, 0.29) is 5.56 Å². The average Bonchev–Trinajstić information content (AvgIpc) is 2.47. The number of fused-ring (bicyclic) bond motifs is 1. The highest BCUT2D eigenvalue weighted by atomic mass is 16.1. The van der Waals surface area contributed by atoms with Crippen molar-refractivity contribution >= 4 is 22.3 Å². The third-order valence-electron chi connectivity index (χ3n) is 3.56. The summed E-state index contributed by atoms with van der Waals surface area (Å²) in [6, 6.07) is 17.1. The van der Waals surface area contributed by atoms with Crippen molar-refractivity contribution in [2.75, 3.05) is 24.7 Å². The number of nitrogens with two attached hydrogens (primary N) is 1. The Hall–Kier alpha value is -2.75. The van der Waals surface area contributed by atoms with Crippen LogP contribution in [0.25, 0.3) is 16.5 Å². The van der Waals surface area contributed by atoms with Gasteiger partial charge in [-0.15, -0.1) is 0 Å². The smallest absolute Gasteiger partial charge is 0.264 e. The van der Waals surface area contributed by atoms with E-state index in [4.69, 9.17) is 5.73 Å². The van der Waals surface area contributed by atoms with Crippen LogP contribution in [0.2, 0.25) is 0 Å². The molecule has 0 aliphatic heterocycles. The Morgan fingerprint density at radius 2 is 1.67 bits per heavy atom. The summed E-state index contributed by atoms with van der Waals surface area (Å²) in [7, 11) is 3.89. The third kappa shape index (κ3) is 2.14. The lowest BCUT2D eigenvalue weighted by molar-refractivity contribution is 0.999. The molecule has 4 heteroatoms. The fourth-order valence-corrected chi connectivity index (χ4v) is 2.56. The minimum Gasteiger partial charge on any atom is -0.385 e. The predicted molar refractivity (Wildman–Crippen MR) is 88.3 cm³/mol. The molecule has 0 unspecified atom stereocenters. The first-order chi connectivity index (χ1) is 10.1. The zero-order valence-corrected chi connectivity index (χ0v) is 12.1. The van der Waals surface area contributed by atoms with Gasteiger partial charge < -0.3 is 10.6 Å². The van der Waals surface area contributed by atoms with Crippen molar-refractivity contribution in [1.29, 1.82) is 0 Å². The first kappa shape index (κ1) is 13.2. The van der Waals surface area contributed by atoms with Gasteiger partial charge in [0.2, 0.25) is 0 Å². The van der Waals surface area contributed by atoms with E-state index in [1.165, 1.54) is 0 Å². The second-order valence-corrected chi connectivity index (χ2v) is 5.18. The van der Waals surface area contributed by atoms with Crippen LogP contribution in [0.3, 0.4) is 0 Å². The lowest BCUT2D eigenvalue weighted by Gasteiger charge is -2.20. The average molecular weight is 279 g/mol. The van der Waals surface area contributed by atoms with Crippen LogP contribution in [0.1, 0.15) is 0 Å². The molecule has 1 heterocycles. The summed E-state index contributed by atoms with van der Waals surface area (Å²) in [5.74, 6) is 0.438. The van der Waals surface area contributed by atoms with Crippen LogP contribution in [0.4, 0.5) is 11.5 Å². The molecule has 2 N–H and O–H groups in total. The summed E-state index contributed by atoms with van der Waals surface area (Å²) < 4.78 is 1.57. The monoisotopic (exact) mass is 279 g/mol. The van der Waals surface area contributed by atoms with Gasteiger partial charge in [-0.1, -0.05) is 30.3 Å². The van der Waals surface area contributed by atoms with Crippen LogP contribution in [0, 0.1) is 0 Å². The summed E-state index contributed by atoms with van der Waals surface area (Å²) >= 11 is 0. The number of hydrogen-bond acceptors (Lipinski definition) is 3. The molecule has 0 aliphatic carbocycles. The Kier molecular flexibility index (Phi) is 3.14. The minimum atomic E-state index is -0.0973. The van der Waals surface area contributed by atoms with Crippen molar-refractivity contribution in [3.05, 3.63) is 65.0 Å². The van der Waals surface area contributed by atoms with Crippen molar-refractivity contribution in [2.24, 2.45) is 0 Å². The molecule has 3 rings (SSSR count). The molecular weight excluding hydrogens is 262 g/mol. The van der Waals surface area contributed by atoms with Crippen LogP contribution >= 0.6 is 0 Å². The van der Waals surface area contributed by atoms with Crippen molar-refractivity contribution in [3.63, 3.8) is 0 Å². The lowest BCUT2D eigenvalue weighted by atomic mass is 10.1. The van der Waals surface area contributed by atoms with E-state index in [0.29, 0.717) is 11.2 Å². The Bertz CT molecular complexity index is 865. The van der Waals surface area contributed by atoms with E-state index in [0.717, 1.165) is 16.8 Å². The van der Waals surface area contributed by atoms with Crippen LogP contribution in [0.15, 0.2) is 59.4 Å². The maximum absolute atomic E-state index is 12.8. The Morgan fingerprint density at radius 3 is 2.43 bits per heavy atom. The SMILES string of the molecule is CN(C)c1ccccc1-n1c(N)cc2ccccc2c1=O. The molecule has 0 fully saturated rings. The van der Waals surface area contributed by atoms with Gasteiger partial charge in [0.05, 0.1) is 11.4 Å². The molecule has 0 bridgehead atoms. The second-order valence-electron chi connectivity index (χ2n) is 5.18. The van der Waals surface area contributed by atoms with E-state index >= 15 is 0 Å². The molecule has 0 radical (unpaired) electrons. The predicted octanol–water partition coefficient (Wildman–Crippen LogP) is 2.64. The van der Waals surface area contributed by atoms with Gasteiger partial charge in [0, 0.05) is 19.5 Å². The maximum atomic E-state index is 12.8. The Labute approximate surface area is 123 Å². The van der Waals surface area contributed by atoms with E-state index in [2.05, 4.69) is 0 Å². The molecule has 21 heavy (non-hydrogen) atoms. The summed E-state index contributed by atoms with van der Waals surface area (Å²) in [6.45, 7) is 0. The highest BCUT2D eigenvalue weighted by Crippen LogP contribution is 2.24. The zero-order valence-electron chi connectivity index (χ0n) is 12.1. The van der Waals surface area contributed by atoms with Crippen molar-refractivity contribution in [1.82, 2.24) is 4.57 Å². The zero-order chi connectivity index (χ0) is 15.0. The largest absolute Gasteiger partial charge is 0.385 e. The number of nitrogens with zero attached hydrogens (tertiary/aromatic N) is 2. The van der Waals surface area contributed by atoms with Crippen molar-refractivity contribution in [3.8, 4) is 5.69 Å². The van der Waals surface area contributed by atoms with Gasteiger partial charge in [-0.2, -0.15) is 0 Å². The summed E-state index contributed by atoms with van der Waals surface area (Å²) in [4.78, 5) is 14.8. The fourth-order valence-electron chi connectivity index (χ4n) is 2.56. The van der Waals surface area contributed by atoms with Crippen molar-refractivity contribution in [2.45, 2.75) is 0 Å². The number of rotatable bonds is 2. The number of pyridine rings is 1. The van der Waals surface area contributed by atoms with E-state index in [1.54, 1.807) is 4.57 Å². The number of hydrogen-bond donors (Lipinski definition) is 1. The van der Waals surface area contributed by atoms with Gasteiger partial charge in [0.1, 0.15) is 5.82 Å². The highest BCUT2D eigenvalue weighted by Gasteiger charge is 2.12. The quantitative estimate of drug-likeness (QED) is 0.784. The molecule has 0 spiro atoms. The topological polar surface area (TPSA) is 51.3 Å². The first-order valence-corrected chi connectivity index (χ1v) is 6.76. The van der Waals surface area contributed by atoms with E-state index in [9.17, 15) is 4.79 Å². The number of aromatic nitrogens is 1. The molecule has 0 saturated heterocycles. The first-order valence-electron chi connectivity index (χ1n) is 6.76. The lowest BCUT2D eigenvalue weighted by Crippen LogP contribution is -2.23. The van der Waals surface area contributed by atoms with Gasteiger partial charge in [-0.25, -0.2) is 0 Å². The summed E-state index contributed by atoms with van der Waals surface area (Å²) in [5.41, 5.74) is 7.77. The van der Waals surface area contributed by atoms with Crippen LogP contribution in [0.5, 0.6) is 0 Å². The molecule has 0 saturated carbocycles. The van der Waals surface area contributed by atoms with E-state index < -0.39 is 0 Å². The Morgan fingerprint density at radius 1 is 1.00 bits per heavy atom. The molecular formula is C17H17N3O. The summed E-state index contributed by atoms with van der Waals surface area (Å²) in [5, 5.41) is 1.53.